The van der Waals surface area contributed by atoms with Crippen molar-refractivity contribution < 1.29 is 23.7 Å². The summed E-state index contributed by atoms with van der Waals surface area (Å²) in [5, 5.41) is 0. The topological polar surface area (TPSA) is 54.0 Å². The summed E-state index contributed by atoms with van der Waals surface area (Å²) < 4.78 is 25.3. The quantitative estimate of drug-likeness (QED) is 0.106. The molecular formula is C40H46O5. The van der Waals surface area contributed by atoms with Crippen LogP contribution in [-0.4, -0.2) is 18.5 Å². The van der Waals surface area contributed by atoms with Crippen LogP contribution in [0.15, 0.2) is 103 Å². The number of carbonyl (C=O) groups excluding carboxylic acids is 1. The van der Waals surface area contributed by atoms with E-state index in [2.05, 4.69) is 49.4 Å². The van der Waals surface area contributed by atoms with Gasteiger partial charge in [0.2, 0.25) is 0 Å². The number of fused-ring (bicyclic) bond motifs is 1. The molecule has 0 saturated carbocycles. The zero-order valence-electron chi connectivity index (χ0n) is 26.5. The first-order chi connectivity index (χ1) is 22.2. The summed E-state index contributed by atoms with van der Waals surface area (Å²) in [4.78, 5) is 13.3. The Labute approximate surface area is 268 Å². The second-order valence-corrected chi connectivity index (χ2v) is 11.9. The van der Waals surface area contributed by atoms with E-state index in [-0.39, 0.29) is 18.0 Å². The Morgan fingerprint density at radius 2 is 1.38 bits per heavy atom. The molecule has 5 heteroatoms. The monoisotopic (exact) mass is 606 g/mol. The summed E-state index contributed by atoms with van der Waals surface area (Å²) in [5.41, 5.74) is 5.47. The van der Waals surface area contributed by atoms with E-state index in [1.54, 1.807) is 0 Å². The van der Waals surface area contributed by atoms with Gasteiger partial charge >= 0.3 is 0 Å². The molecule has 0 unspecified atom stereocenters. The predicted molar refractivity (Wildman–Crippen MR) is 178 cm³/mol. The first-order valence-electron chi connectivity index (χ1n) is 16.5. The maximum atomic E-state index is 13.3. The summed E-state index contributed by atoms with van der Waals surface area (Å²) in [7, 11) is 0. The summed E-state index contributed by atoms with van der Waals surface area (Å²) in [6.07, 6.45) is 6.37. The van der Waals surface area contributed by atoms with Crippen LogP contribution in [0.25, 0.3) is 0 Å². The summed E-state index contributed by atoms with van der Waals surface area (Å²) in [6, 6.07) is 34.6. The van der Waals surface area contributed by atoms with Crippen LogP contribution in [-0.2, 0) is 40.5 Å². The van der Waals surface area contributed by atoms with E-state index in [1.807, 2.05) is 60.7 Å². The lowest BCUT2D eigenvalue weighted by molar-refractivity contribution is -0.124. The van der Waals surface area contributed by atoms with Gasteiger partial charge < -0.3 is 18.9 Å². The highest BCUT2D eigenvalue weighted by atomic mass is 16.5. The van der Waals surface area contributed by atoms with E-state index in [0.717, 1.165) is 65.0 Å². The van der Waals surface area contributed by atoms with E-state index in [1.165, 1.54) is 6.42 Å². The Morgan fingerprint density at radius 1 is 0.756 bits per heavy atom. The molecule has 1 aliphatic heterocycles. The van der Waals surface area contributed by atoms with Gasteiger partial charge in [0.25, 0.3) is 0 Å². The fraction of sp³-hybridized carbons (Fsp3) is 0.375. The smallest absolute Gasteiger partial charge is 0.135 e. The van der Waals surface area contributed by atoms with Gasteiger partial charge in [0.05, 0.1) is 18.8 Å². The van der Waals surface area contributed by atoms with Gasteiger partial charge in [-0.2, -0.15) is 0 Å². The molecule has 0 spiro atoms. The zero-order valence-corrected chi connectivity index (χ0v) is 26.5. The number of hydrogen-bond acceptors (Lipinski definition) is 5. The lowest BCUT2D eigenvalue weighted by atomic mass is 9.88. The van der Waals surface area contributed by atoms with Crippen LogP contribution in [0.2, 0.25) is 0 Å². The van der Waals surface area contributed by atoms with Crippen molar-refractivity contribution in [2.24, 2.45) is 0 Å². The number of ether oxygens (including phenoxy) is 4. The second-order valence-electron chi connectivity index (χ2n) is 11.9. The van der Waals surface area contributed by atoms with Crippen LogP contribution in [0.5, 0.6) is 11.5 Å². The molecule has 5 nitrogen and oxygen atoms in total. The van der Waals surface area contributed by atoms with Crippen molar-refractivity contribution in [3.05, 3.63) is 131 Å². The van der Waals surface area contributed by atoms with Crippen molar-refractivity contribution in [1.29, 1.82) is 0 Å². The third kappa shape index (κ3) is 10.3. The molecule has 0 N–H and O–H groups in total. The highest BCUT2D eigenvalue weighted by Gasteiger charge is 2.32. The number of ketones is 1. The van der Waals surface area contributed by atoms with Gasteiger partial charge in [0.1, 0.15) is 30.5 Å². The molecule has 0 fully saturated rings. The molecule has 4 aromatic carbocycles. The normalized spacial score (nSPS) is 15.8. The number of benzene rings is 4. The summed E-state index contributed by atoms with van der Waals surface area (Å²) in [6.45, 7) is 4.23. The molecular weight excluding hydrogens is 560 g/mol. The maximum Gasteiger partial charge on any atom is 0.135 e. The minimum Gasteiger partial charge on any atom is -0.489 e. The minimum absolute atomic E-state index is 0.0578. The van der Waals surface area contributed by atoms with E-state index in [9.17, 15) is 4.79 Å². The second kappa shape index (κ2) is 17.5. The molecule has 0 aliphatic carbocycles. The van der Waals surface area contributed by atoms with Gasteiger partial charge in [0, 0.05) is 31.1 Å². The molecule has 0 aromatic heterocycles. The number of Topliss-reactive ketones (excluding diaryl/α,β-unsaturated/α-hetero) is 1. The van der Waals surface area contributed by atoms with Crippen molar-refractivity contribution in [2.45, 2.75) is 90.3 Å². The van der Waals surface area contributed by atoms with Gasteiger partial charge in [-0.05, 0) is 47.6 Å². The summed E-state index contributed by atoms with van der Waals surface area (Å²) >= 11 is 0. The molecule has 1 heterocycles. The van der Waals surface area contributed by atoms with Crippen LogP contribution in [0.3, 0.4) is 0 Å². The molecule has 0 bridgehead atoms. The van der Waals surface area contributed by atoms with Gasteiger partial charge in [-0.25, -0.2) is 0 Å². The van der Waals surface area contributed by atoms with Crippen molar-refractivity contribution in [2.75, 3.05) is 6.61 Å². The first-order valence-corrected chi connectivity index (χ1v) is 16.5. The van der Waals surface area contributed by atoms with E-state index in [4.69, 9.17) is 18.9 Å². The van der Waals surface area contributed by atoms with Crippen LogP contribution >= 0.6 is 0 Å². The molecule has 236 valence electrons. The third-order valence-electron chi connectivity index (χ3n) is 8.21. The minimum atomic E-state index is -0.355. The molecule has 0 amide bonds. The van der Waals surface area contributed by atoms with Crippen LogP contribution < -0.4 is 9.47 Å². The molecule has 45 heavy (non-hydrogen) atoms. The molecule has 0 saturated heterocycles. The number of rotatable bonds is 18. The van der Waals surface area contributed by atoms with Gasteiger partial charge in [-0.1, -0.05) is 117 Å². The average molecular weight is 607 g/mol. The average Bonchev–Trinajstić information content (AvgIpc) is 3.07. The molecule has 2 atom stereocenters. The van der Waals surface area contributed by atoms with E-state index < -0.39 is 0 Å². The van der Waals surface area contributed by atoms with Crippen molar-refractivity contribution in [1.82, 2.24) is 0 Å². The fourth-order valence-electron chi connectivity index (χ4n) is 5.85. The Balaban J connectivity index is 1.31. The highest BCUT2D eigenvalue weighted by molar-refractivity contribution is 5.79. The Kier molecular flexibility index (Phi) is 12.6. The highest BCUT2D eigenvalue weighted by Crippen LogP contribution is 2.43. The standard InChI is InChI=1S/C40H46O5/c1-2-3-7-22-36-24-34-25-37(43-29-32-17-10-5-11-18-32)27-38(44-30-33-19-12-6-13-20-33)40(34)39(45-36)26-35(41)21-14-23-42-28-31-15-8-4-9-16-31/h4-6,8-13,15-20,25,27,36,39H,2-3,7,14,21-24,26,28-30H2,1H3/t36-,39-/m1/s1. The van der Waals surface area contributed by atoms with Crippen LogP contribution in [0.4, 0.5) is 0 Å². The van der Waals surface area contributed by atoms with E-state index >= 15 is 0 Å². The maximum absolute atomic E-state index is 13.3. The third-order valence-corrected chi connectivity index (χ3v) is 8.21. The number of unbranched alkanes of at least 4 members (excludes halogenated alkanes) is 2. The number of hydrogen-bond donors (Lipinski definition) is 0. The fourth-order valence-corrected chi connectivity index (χ4v) is 5.85. The SMILES string of the molecule is CCCCC[C@@H]1Cc2cc(OCc3ccccc3)cc(OCc3ccccc3)c2[C@@H](CC(=O)CCCOCc2ccccc2)O1. The Morgan fingerprint density at radius 3 is 2.02 bits per heavy atom. The zero-order chi connectivity index (χ0) is 31.1. The largest absolute Gasteiger partial charge is 0.489 e. The molecule has 0 radical (unpaired) electrons. The predicted octanol–water partition coefficient (Wildman–Crippen LogP) is 9.36. The first kappa shape index (κ1) is 32.5. The lowest BCUT2D eigenvalue weighted by Crippen LogP contribution is -2.28. The van der Waals surface area contributed by atoms with Gasteiger partial charge in [-0.15, -0.1) is 0 Å². The van der Waals surface area contributed by atoms with Gasteiger partial charge in [-0.3, -0.25) is 4.79 Å². The lowest BCUT2D eigenvalue weighted by Gasteiger charge is -2.34. The summed E-state index contributed by atoms with van der Waals surface area (Å²) in [5.74, 6) is 1.69. The van der Waals surface area contributed by atoms with Crippen LogP contribution in [0, 0.1) is 0 Å². The van der Waals surface area contributed by atoms with E-state index in [0.29, 0.717) is 45.7 Å². The van der Waals surface area contributed by atoms with Gasteiger partial charge in [0.15, 0.2) is 0 Å². The van der Waals surface area contributed by atoms with Crippen molar-refractivity contribution >= 4 is 5.78 Å². The molecule has 1 aliphatic rings. The molecule has 5 rings (SSSR count). The Hall–Kier alpha value is -3.93. The Bertz CT molecular complexity index is 1440. The van der Waals surface area contributed by atoms with Crippen molar-refractivity contribution in [3.8, 4) is 11.5 Å². The molecule has 4 aromatic rings. The van der Waals surface area contributed by atoms with Crippen molar-refractivity contribution in [3.63, 3.8) is 0 Å². The van der Waals surface area contributed by atoms with Crippen LogP contribution in [0.1, 0.15) is 85.8 Å². The number of carbonyl (C=O) groups is 1.